The highest BCUT2D eigenvalue weighted by Gasteiger charge is 2.10. The summed E-state index contributed by atoms with van der Waals surface area (Å²) in [6.45, 7) is 1.02. The van der Waals surface area contributed by atoms with Gasteiger partial charge in [-0.2, -0.15) is 9.90 Å². The maximum atomic E-state index is 12.8. The molecule has 1 aromatic carbocycles. The van der Waals surface area contributed by atoms with E-state index < -0.39 is 0 Å². The number of hydrogen-bond donors (Lipinski definition) is 2. The van der Waals surface area contributed by atoms with Gasteiger partial charge in [-0.25, -0.2) is 4.39 Å². The van der Waals surface area contributed by atoms with E-state index in [2.05, 4.69) is 15.5 Å². The van der Waals surface area contributed by atoms with Gasteiger partial charge >= 0.3 is 0 Å². The van der Waals surface area contributed by atoms with E-state index in [1.54, 1.807) is 0 Å². The normalized spacial score (nSPS) is 9.90. The molecule has 108 valence electrons. The highest BCUT2D eigenvalue weighted by atomic mass is 35.5. The molecule has 1 aromatic heterocycles. The number of hydrogen-bond acceptors (Lipinski definition) is 4. The molecule has 0 bridgehead atoms. The Morgan fingerprint density at radius 1 is 1.35 bits per heavy atom. The summed E-state index contributed by atoms with van der Waals surface area (Å²) in [5.41, 5.74) is 6.13. The molecule has 0 spiro atoms. The van der Waals surface area contributed by atoms with Gasteiger partial charge in [0.2, 0.25) is 0 Å². The average Bonchev–Trinajstić information content (AvgIpc) is 2.89. The Morgan fingerprint density at radius 3 is 2.70 bits per heavy atom. The lowest BCUT2D eigenvalue weighted by atomic mass is 10.3. The van der Waals surface area contributed by atoms with E-state index in [4.69, 9.17) is 5.73 Å². The van der Waals surface area contributed by atoms with Crippen molar-refractivity contribution in [1.29, 1.82) is 0 Å². The van der Waals surface area contributed by atoms with Crippen molar-refractivity contribution >= 4 is 18.3 Å². The third kappa shape index (κ3) is 4.01. The molecule has 8 heteroatoms. The molecule has 20 heavy (non-hydrogen) atoms. The first-order valence-corrected chi connectivity index (χ1v) is 5.87. The van der Waals surface area contributed by atoms with E-state index in [0.717, 1.165) is 0 Å². The summed E-state index contributed by atoms with van der Waals surface area (Å²) in [5, 5.41) is 10.7. The van der Waals surface area contributed by atoms with Gasteiger partial charge in [-0.15, -0.1) is 17.5 Å². The number of nitrogens with two attached hydrogens (primary N) is 1. The topological polar surface area (TPSA) is 85.8 Å². The van der Waals surface area contributed by atoms with Crippen LogP contribution in [0.15, 0.2) is 30.5 Å². The lowest BCUT2D eigenvalue weighted by molar-refractivity contribution is 0.0948. The Hall–Kier alpha value is -1.99. The van der Waals surface area contributed by atoms with Crippen LogP contribution < -0.4 is 11.1 Å². The molecule has 0 saturated heterocycles. The van der Waals surface area contributed by atoms with Crippen LogP contribution >= 0.6 is 12.4 Å². The first-order valence-electron chi connectivity index (χ1n) is 5.87. The molecule has 2 aromatic rings. The number of nitrogens with zero attached hydrogens (tertiary/aromatic N) is 3. The zero-order valence-electron chi connectivity index (χ0n) is 10.6. The fourth-order valence-electron chi connectivity index (χ4n) is 1.46. The second-order valence-electron chi connectivity index (χ2n) is 3.89. The number of aromatic nitrogens is 3. The average molecular weight is 300 g/mol. The first kappa shape index (κ1) is 16.1. The summed E-state index contributed by atoms with van der Waals surface area (Å²) >= 11 is 0. The van der Waals surface area contributed by atoms with Crippen LogP contribution in [-0.2, 0) is 0 Å². The Balaban J connectivity index is 0.00000200. The number of nitrogens with one attached hydrogen (secondary N) is 1. The fourth-order valence-corrected chi connectivity index (χ4v) is 1.46. The minimum absolute atomic E-state index is 0. The van der Waals surface area contributed by atoms with Crippen LogP contribution in [-0.4, -0.2) is 34.0 Å². The number of amides is 1. The maximum absolute atomic E-state index is 12.8. The van der Waals surface area contributed by atoms with Gasteiger partial charge in [0.25, 0.3) is 5.91 Å². The molecule has 2 rings (SSSR count). The number of halogens is 2. The van der Waals surface area contributed by atoms with Crippen molar-refractivity contribution < 1.29 is 9.18 Å². The smallest absolute Gasteiger partial charge is 0.273 e. The summed E-state index contributed by atoms with van der Waals surface area (Å²) in [5.74, 6) is -0.641. The van der Waals surface area contributed by atoms with Gasteiger partial charge in [-0.3, -0.25) is 4.79 Å². The Bertz CT molecular complexity index is 557. The highest BCUT2D eigenvalue weighted by Crippen LogP contribution is 2.06. The SMILES string of the molecule is Cl.NCCCNC(=O)c1cnn(-c2ccc(F)cc2)n1. The zero-order valence-corrected chi connectivity index (χ0v) is 11.4. The van der Waals surface area contributed by atoms with Gasteiger partial charge in [0.15, 0.2) is 5.69 Å². The molecule has 6 nitrogen and oxygen atoms in total. The van der Waals surface area contributed by atoms with Crippen molar-refractivity contribution in [3.63, 3.8) is 0 Å². The standard InChI is InChI=1S/C12H14FN5O.ClH/c13-9-2-4-10(5-3-9)18-16-8-11(17-18)12(19)15-7-1-6-14;/h2-5,8H,1,6-7,14H2,(H,15,19);1H. The van der Waals surface area contributed by atoms with Crippen molar-refractivity contribution in [2.75, 3.05) is 13.1 Å². The second-order valence-corrected chi connectivity index (χ2v) is 3.89. The molecule has 0 aliphatic carbocycles. The monoisotopic (exact) mass is 299 g/mol. The molecule has 0 saturated carbocycles. The van der Waals surface area contributed by atoms with Crippen LogP contribution in [0, 0.1) is 5.82 Å². The molecule has 0 atom stereocenters. The van der Waals surface area contributed by atoms with Crippen LogP contribution in [0.25, 0.3) is 5.69 Å². The van der Waals surface area contributed by atoms with E-state index in [1.807, 2.05) is 0 Å². The minimum atomic E-state index is -0.337. The lowest BCUT2D eigenvalue weighted by Gasteiger charge is -2.00. The summed E-state index contributed by atoms with van der Waals surface area (Å²) in [4.78, 5) is 13.0. The summed E-state index contributed by atoms with van der Waals surface area (Å²) in [6, 6.07) is 5.68. The molecule has 3 N–H and O–H groups in total. The highest BCUT2D eigenvalue weighted by molar-refractivity contribution is 5.91. The summed E-state index contributed by atoms with van der Waals surface area (Å²) in [6.07, 6.45) is 2.07. The third-order valence-electron chi connectivity index (χ3n) is 2.45. The van der Waals surface area contributed by atoms with E-state index in [9.17, 15) is 9.18 Å². The first-order chi connectivity index (χ1) is 9.20. The molecule has 0 aliphatic rings. The maximum Gasteiger partial charge on any atom is 0.273 e. The summed E-state index contributed by atoms with van der Waals surface area (Å²) in [7, 11) is 0. The molecular weight excluding hydrogens is 285 g/mol. The van der Waals surface area contributed by atoms with E-state index in [-0.39, 0.29) is 29.8 Å². The number of benzene rings is 1. The van der Waals surface area contributed by atoms with Gasteiger partial charge in [-0.1, -0.05) is 0 Å². The molecule has 0 fully saturated rings. The van der Waals surface area contributed by atoms with Gasteiger partial charge in [0, 0.05) is 6.54 Å². The molecule has 0 unspecified atom stereocenters. The van der Waals surface area contributed by atoms with E-state index in [1.165, 1.54) is 35.3 Å². The second kappa shape index (κ2) is 7.56. The fraction of sp³-hybridized carbons (Fsp3) is 0.250. The zero-order chi connectivity index (χ0) is 13.7. The van der Waals surface area contributed by atoms with Crippen LogP contribution in [0.5, 0.6) is 0 Å². The Kier molecular flexibility index (Phi) is 6.08. The quantitative estimate of drug-likeness (QED) is 0.804. The molecule has 0 aliphatic heterocycles. The Morgan fingerprint density at radius 2 is 2.05 bits per heavy atom. The molecule has 1 amide bonds. The third-order valence-corrected chi connectivity index (χ3v) is 2.45. The van der Waals surface area contributed by atoms with Gasteiger partial charge < -0.3 is 11.1 Å². The predicted octanol–water partition coefficient (Wildman–Crippen LogP) is 0.907. The number of carbonyl (C=O) groups excluding carboxylic acids is 1. The minimum Gasteiger partial charge on any atom is -0.351 e. The van der Waals surface area contributed by atoms with Crippen molar-refractivity contribution in [3.05, 3.63) is 42.0 Å². The van der Waals surface area contributed by atoms with Crippen LogP contribution in [0.1, 0.15) is 16.9 Å². The molecular formula is C12H15ClFN5O. The number of rotatable bonds is 5. The van der Waals surface area contributed by atoms with Gasteiger partial charge in [0.1, 0.15) is 5.82 Å². The van der Waals surface area contributed by atoms with E-state index >= 15 is 0 Å². The lowest BCUT2D eigenvalue weighted by Crippen LogP contribution is -2.26. The van der Waals surface area contributed by atoms with Crippen molar-refractivity contribution in [1.82, 2.24) is 20.3 Å². The van der Waals surface area contributed by atoms with E-state index in [0.29, 0.717) is 25.2 Å². The van der Waals surface area contributed by atoms with Crippen molar-refractivity contribution in [2.24, 2.45) is 5.73 Å². The largest absolute Gasteiger partial charge is 0.351 e. The Labute approximate surface area is 121 Å². The van der Waals surface area contributed by atoms with Crippen LogP contribution in [0.4, 0.5) is 4.39 Å². The van der Waals surface area contributed by atoms with Crippen LogP contribution in [0.3, 0.4) is 0 Å². The summed E-state index contributed by atoms with van der Waals surface area (Å²) < 4.78 is 12.8. The van der Waals surface area contributed by atoms with Crippen molar-refractivity contribution in [2.45, 2.75) is 6.42 Å². The van der Waals surface area contributed by atoms with Gasteiger partial charge in [-0.05, 0) is 37.2 Å². The number of carbonyl (C=O) groups is 1. The van der Waals surface area contributed by atoms with Gasteiger partial charge in [0.05, 0.1) is 11.9 Å². The predicted molar refractivity (Wildman–Crippen MR) is 74.6 cm³/mol. The molecule has 1 heterocycles. The van der Waals surface area contributed by atoms with Crippen molar-refractivity contribution in [3.8, 4) is 5.69 Å². The molecule has 0 radical (unpaired) electrons. The van der Waals surface area contributed by atoms with Crippen LogP contribution in [0.2, 0.25) is 0 Å².